The van der Waals surface area contributed by atoms with E-state index in [1.54, 1.807) is 0 Å². The molecule has 0 spiro atoms. The molecule has 16 heavy (non-hydrogen) atoms. The molecule has 0 amide bonds. The minimum absolute atomic E-state index is 0.654. The van der Waals surface area contributed by atoms with Crippen LogP contribution in [0.5, 0.6) is 0 Å². The fourth-order valence-electron chi connectivity index (χ4n) is 1.81. The Bertz CT molecular complexity index is 532. The van der Waals surface area contributed by atoms with Crippen molar-refractivity contribution < 1.29 is 0 Å². The Kier molecular flexibility index (Phi) is 2.74. The first kappa shape index (κ1) is 10.4. The summed E-state index contributed by atoms with van der Waals surface area (Å²) in [5.74, 6) is 0.887. The molecule has 3 heteroatoms. The largest absolute Gasteiger partial charge is 0.315 e. The normalized spacial score (nSPS) is 10.1. The zero-order chi connectivity index (χ0) is 11.5. The lowest BCUT2D eigenvalue weighted by Gasteiger charge is -2.06. The summed E-state index contributed by atoms with van der Waals surface area (Å²) in [6, 6.07) is 12.3. The number of aryl methyl sites for hydroxylation is 2. The zero-order valence-corrected chi connectivity index (χ0v) is 9.44. The third-order valence-electron chi connectivity index (χ3n) is 2.62. The van der Waals surface area contributed by atoms with Gasteiger partial charge < -0.3 is 4.57 Å². The quantitative estimate of drug-likeness (QED) is 0.765. The molecule has 0 bridgehead atoms. The molecule has 0 aliphatic carbocycles. The molecule has 2 rings (SSSR count). The zero-order valence-electron chi connectivity index (χ0n) is 9.44. The first-order valence-corrected chi connectivity index (χ1v) is 5.20. The molecular weight excluding hydrogens is 198 g/mol. The number of aromatic nitrogens is 2. The highest BCUT2D eigenvalue weighted by molar-refractivity contribution is 5.30. The second-order valence-electron chi connectivity index (χ2n) is 3.78. The van der Waals surface area contributed by atoms with E-state index in [9.17, 15) is 0 Å². The molecule has 0 saturated heterocycles. The van der Waals surface area contributed by atoms with E-state index in [1.165, 1.54) is 5.56 Å². The minimum Gasteiger partial charge on any atom is -0.315 e. The summed E-state index contributed by atoms with van der Waals surface area (Å²) >= 11 is 0. The minimum atomic E-state index is 0.654. The lowest BCUT2D eigenvalue weighted by molar-refractivity contribution is 0.751. The first-order chi connectivity index (χ1) is 7.72. The van der Waals surface area contributed by atoms with Gasteiger partial charge in [-0.1, -0.05) is 30.3 Å². The Morgan fingerprint density at radius 2 is 1.94 bits per heavy atom. The fraction of sp³-hybridized carbons (Fsp3) is 0.231. The van der Waals surface area contributed by atoms with Gasteiger partial charge in [-0.3, -0.25) is 0 Å². The van der Waals surface area contributed by atoms with Gasteiger partial charge >= 0.3 is 0 Å². The second kappa shape index (κ2) is 4.19. The van der Waals surface area contributed by atoms with Gasteiger partial charge in [-0.25, -0.2) is 4.98 Å². The first-order valence-electron chi connectivity index (χ1n) is 5.20. The van der Waals surface area contributed by atoms with Gasteiger partial charge in [0.2, 0.25) is 0 Å². The highest BCUT2D eigenvalue weighted by atomic mass is 15.1. The van der Waals surface area contributed by atoms with Crippen molar-refractivity contribution in [3.63, 3.8) is 0 Å². The maximum atomic E-state index is 9.08. The van der Waals surface area contributed by atoms with Crippen molar-refractivity contribution in [2.75, 3.05) is 0 Å². The maximum absolute atomic E-state index is 9.08. The van der Waals surface area contributed by atoms with E-state index in [1.807, 2.05) is 36.6 Å². The molecule has 0 unspecified atom stereocenters. The van der Waals surface area contributed by atoms with Crippen molar-refractivity contribution >= 4 is 0 Å². The molecule has 0 saturated carbocycles. The van der Waals surface area contributed by atoms with E-state index in [0.29, 0.717) is 12.2 Å². The fourth-order valence-corrected chi connectivity index (χ4v) is 1.81. The lowest BCUT2D eigenvalue weighted by atomic mass is 10.2. The molecule has 3 nitrogen and oxygen atoms in total. The molecular formula is C13H13N3. The van der Waals surface area contributed by atoms with Crippen LogP contribution in [-0.2, 0) is 6.54 Å². The number of hydrogen-bond donors (Lipinski definition) is 0. The van der Waals surface area contributed by atoms with Gasteiger partial charge in [-0.2, -0.15) is 5.26 Å². The van der Waals surface area contributed by atoms with Crippen LogP contribution in [0.15, 0.2) is 30.3 Å². The summed E-state index contributed by atoms with van der Waals surface area (Å²) in [6.07, 6.45) is 0. The van der Waals surface area contributed by atoms with Gasteiger partial charge in [0.05, 0.1) is 5.69 Å². The number of nitriles is 1. The van der Waals surface area contributed by atoms with E-state index >= 15 is 0 Å². The standard InChI is InChI=1S/C13H13N3/c1-10-13(8-14)16(11(2)15-10)9-12-6-4-3-5-7-12/h3-7H,9H2,1-2H3. The van der Waals surface area contributed by atoms with Crippen LogP contribution in [0.1, 0.15) is 22.8 Å². The van der Waals surface area contributed by atoms with Crippen molar-refractivity contribution in [1.82, 2.24) is 9.55 Å². The van der Waals surface area contributed by atoms with Crippen molar-refractivity contribution in [2.45, 2.75) is 20.4 Å². The van der Waals surface area contributed by atoms with Crippen molar-refractivity contribution in [2.24, 2.45) is 0 Å². The Balaban J connectivity index is 2.39. The summed E-state index contributed by atoms with van der Waals surface area (Å²) < 4.78 is 1.95. The summed E-state index contributed by atoms with van der Waals surface area (Å²) in [4.78, 5) is 4.32. The number of nitrogens with zero attached hydrogens (tertiary/aromatic N) is 3. The molecule has 0 aliphatic rings. The summed E-state index contributed by atoms with van der Waals surface area (Å²) in [5.41, 5.74) is 2.64. The predicted octanol–water partition coefficient (Wildman–Crippen LogP) is 2.42. The van der Waals surface area contributed by atoms with Gasteiger partial charge in [0, 0.05) is 6.54 Å². The Hall–Kier alpha value is -2.08. The lowest BCUT2D eigenvalue weighted by Crippen LogP contribution is -2.04. The number of benzene rings is 1. The topological polar surface area (TPSA) is 41.6 Å². The van der Waals surface area contributed by atoms with E-state index in [4.69, 9.17) is 5.26 Å². The summed E-state index contributed by atoms with van der Waals surface area (Å²) in [7, 11) is 0. The van der Waals surface area contributed by atoms with Crippen molar-refractivity contribution in [1.29, 1.82) is 5.26 Å². The molecule has 0 aliphatic heterocycles. The van der Waals surface area contributed by atoms with Gasteiger partial charge in [0.15, 0.2) is 0 Å². The molecule has 80 valence electrons. The molecule has 0 atom stereocenters. The van der Waals surface area contributed by atoms with Crippen LogP contribution >= 0.6 is 0 Å². The van der Waals surface area contributed by atoms with Crippen LogP contribution < -0.4 is 0 Å². The van der Waals surface area contributed by atoms with Gasteiger partial charge in [0.1, 0.15) is 17.6 Å². The van der Waals surface area contributed by atoms with E-state index in [2.05, 4.69) is 23.2 Å². The summed E-state index contributed by atoms with van der Waals surface area (Å²) in [6.45, 7) is 4.50. The van der Waals surface area contributed by atoms with Gasteiger partial charge in [-0.05, 0) is 19.4 Å². The SMILES string of the molecule is Cc1nc(C)n(Cc2ccccc2)c1C#N. The molecule has 0 fully saturated rings. The van der Waals surface area contributed by atoms with E-state index < -0.39 is 0 Å². The average Bonchev–Trinajstić information content (AvgIpc) is 2.55. The van der Waals surface area contributed by atoms with Crippen LogP contribution in [-0.4, -0.2) is 9.55 Å². The number of rotatable bonds is 2. The maximum Gasteiger partial charge on any atom is 0.143 e. The van der Waals surface area contributed by atoms with Crippen LogP contribution in [0.4, 0.5) is 0 Å². The Morgan fingerprint density at radius 1 is 1.25 bits per heavy atom. The second-order valence-corrected chi connectivity index (χ2v) is 3.78. The monoisotopic (exact) mass is 211 g/mol. The van der Waals surface area contributed by atoms with Crippen LogP contribution in [0.2, 0.25) is 0 Å². The smallest absolute Gasteiger partial charge is 0.143 e. The van der Waals surface area contributed by atoms with Crippen LogP contribution in [0, 0.1) is 25.2 Å². The van der Waals surface area contributed by atoms with Crippen LogP contribution in [0.25, 0.3) is 0 Å². The Morgan fingerprint density at radius 3 is 2.56 bits per heavy atom. The highest BCUT2D eigenvalue weighted by Gasteiger charge is 2.10. The van der Waals surface area contributed by atoms with Crippen molar-refractivity contribution in [3.8, 4) is 6.07 Å². The molecule has 2 aromatic rings. The molecule has 1 aromatic carbocycles. The third kappa shape index (κ3) is 1.82. The molecule has 0 N–H and O–H groups in total. The van der Waals surface area contributed by atoms with E-state index in [0.717, 1.165) is 11.5 Å². The highest BCUT2D eigenvalue weighted by Crippen LogP contribution is 2.12. The van der Waals surface area contributed by atoms with Crippen LogP contribution in [0.3, 0.4) is 0 Å². The van der Waals surface area contributed by atoms with Crippen molar-refractivity contribution in [3.05, 3.63) is 53.1 Å². The predicted molar refractivity (Wildman–Crippen MR) is 62.0 cm³/mol. The molecule has 1 aromatic heterocycles. The molecule has 0 radical (unpaired) electrons. The average molecular weight is 211 g/mol. The summed E-state index contributed by atoms with van der Waals surface area (Å²) in [5, 5.41) is 9.08. The van der Waals surface area contributed by atoms with E-state index in [-0.39, 0.29) is 0 Å². The van der Waals surface area contributed by atoms with Gasteiger partial charge in [0.25, 0.3) is 0 Å². The number of imidazole rings is 1. The third-order valence-corrected chi connectivity index (χ3v) is 2.62. The van der Waals surface area contributed by atoms with Gasteiger partial charge in [-0.15, -0.1) is 0 Å². The molecule has 1 heterocycles. The number of hydrogen-bond acceptors (Lipinski definition) is 2. The Labute approximate surface area is 95.0 Å².